The molecule has 3 rings (SSSR count). The van der Waals surface area contributed by atoms with E-state index in [4.69, 9.17) is 10.3 Å². The lowest BCUT2D eigenvalue weighted by atomic mass is 9.90. The van der Waals surface area contributed by atoms with Crippen molar-refractivity contribution in [2.24, 2.45) is 5.11 Å². The van der Waals surface area contributed by atoms with Gasteiger partial charge in [-0.3, -0.25) is 4.79 Å². The Morgan fingerprint density at radius 3 is 2.33 bits per heavy atom. The molecule has 7 nitrogen and oxygen atoms in total. The van der Waals surface area contributed by atoms with Crippen LogP contribution in [0.15, 0.2) is 65.8 Å². The molecule has 2 amide bonds. The van der Waals surface area contributed by atoms with E-state index in [0.29, 0.717) is 4.90 Å². The van der Waals surface area contributed by atoms with E-state index in [1.807, 2.05) is 0 Å². The molecular formula is C20H17F3N4O3. The third kappa shape index (κ3) is 4.55. The summed E-state index contributed by atoms with van der Waals surface area (Å²) in [5.41, 5.74) is 9.39. The van der Waals surface area contributed by atoms with E-state index in [2.05, 4.69) is 10.0 Å². The Bertz CT molecular complexity index is 947. The molecule has 3 atom stereocenters. The first-order valence-corrected chi connectivity index (χ1v) is 9.02. The molecule has 10 heteroatoms. The molecule has 156 valence electrons. The van der Waals surface area contributed by atoms with Crippen molar-refractivity contribution in [3.05, 3.63) is 82.2 Å². The van der Waals surface area contributed by atoms with Gasteiger partial charge in [-0.1, -0.05) is 65.8 Å². The number of benzene rings is 2. The molecule has 0 spiro atoms. The topological polar surface area (TPSA) is 95.4 Å². The van der Waals surface area contributed by atoms with E-state index in [1.165, 1.54) is 30.3 Å². The van der Waals surface area contributed by atoms with Crippen LogP contribution in [-0.2, 0) is 16.0 Å². The first-order chi connectivity index (χ1) is 14.3. The number of alkyl halides is 3. The molecule has 0 saturated carbocycles. The first kappa shape index (κ1) is 21.2. The number of ether oxygens (including phenoxy) is 1. The van der Waals surface area contributed by atoms with Gasteiger partial charge in [0.1, 0.15) is 12.6 Å². The van der Waals surface area contributed by atoms with Crippen molar-refractivity contribution in [1.29, 1.82) is 0 Å². The monoisotopic (exact) mass is 418 g/mol. The average Bonchev–Trinajstić information content (AvgIpc) is 3.07. The molecule has 0 N–H and O–H groups in total. The summed E-state index contributed by atoms with van der Waals surface area (Å²) in [4.78, 5) is 28.3. The van der Waals surface area contributed by atoms with Crippen LogP contribution >= 0.6 is 0 Å². The Kier molecular flexibility index (Phi) is 6.27. The largest absolute Gasteiger partial charge is 0.447 e. The maximum atomic E-state index is 13.9. The Morgan fingerprint density at radius 1 is 1.17 bits per heavy atom. The summed E-state index contributed by atoms with van der Waals surface area (Å²) in [5, 5.41) is 3.15. The number of azide groups is 1. The van der Waals surface area contributed by atoms with Crippen molar-refractivity contribution in [2.75, 3.05) is 6.61 Å². The van der Waals surface area contributed by atoms with Crippen LogP contribution in [0.25, 0.3) is 10.4 Å². The standard InChI is InChI=1S/C20H17F3N4O3/c21-20(22,23)16(14-9-5-2-6-10-14)17(25-26-24)18(28)27-15(12-30-19(27)29)11-13-7-3-1-4-8-13/h1-10,15-17H,11-12H2/t15-,16+,17-/m0/s1. The predicted octanol–water partition coefficient (Wildman–Crippen LogP) is 4.60. The fourth-order valence-corrected chi connectivity index (χ4v) is 3.43. The zero-order chi connectivity index (χ0) is 21.7. The van der Waals surface area contributed by atoms with Crippen LogP contribution in [0.2, 0.25) is 0 Å². The number of carbonyl (C=O) groups excluding carboxylic acids is 2. The maximum absolute atomic E-state index is 13.9. The molecule has 30 heavy (non-hydrogen) atoms. The van der Waals surface area contributed by atoms with Gasteiger partial charge in [0.2, 0.25) is 5.91 Å². The summed E-state index contributed by atoms with van der Waals surface area (Å²) in [7, 11) is 0. The van der Waals surface area contributed by atoms with Gasteiger partial charge in [-0.05, 0) is 23.1 Å². The van der Waals surface area contributed by atoms with Gasteiger partial charge in [0.15, 0.2) is 0 Å². The van der Waals surface area contributed by atoms with Gasteiger partial charge in [-0.2, -0.15) is 13.2 Å². The first-order valence-electron chi connectivity index (χ1n) is 9.02. The number of carbonyl (C=O) groups is 2. The highest BCUT2D eigenvalue weighted by Gasteiger charge is 2.51. The molecule has 2 aromatic carbocycles. The van der Waals surface area contributed by atoms with Crippen molar-refractivity contribution >= 4 is 12.0 Å². The summed E-state index contributed by atoms with van der Waals surface area (Å²) in [6, 6.07) is 12.5. The summed E-state index contributed by atoms with van der Waals surface area (Å²) >= 11 is 0. The second-order valence-corrected chi connectivity index (χ2v) is 6.71. The highest BCUT2D eigenvalue weighted by molar-refractivity contribution is 5.97. The van der Waals surface area contributed by atoms with Crippen molar-refractivity contribution in [1.82, 2.24) is 4.90 Å². The number of hydrogen-bond donors (Lipinski definition) is 0. The van der Waals surface area contributed by atoms with Gasteiger partial charge in [0.05, 0.1) is 12.0 Å². The smallest absolute Gasteiger partial charge is 0.416 e. The fourth-order valence-electron chi connectivity index (χ4n) is 3.43. The summed E-state index contributed by atoms with van der Waals surface area (Å²) in [6.07, 6.45) is -5.76. The normalized spacial score (nSPS) is 18.3. The molecule has 0 unspecified atom stereocenters. The number of imide groups is 1. The molecule has 1 heterocycles. The van der Waals surface area contributed by atoms with E-state index >= 15 is 0 Å². The zero-order valence-electron chi connectivity index (χ0n) is 15.6. The van der Waals surface area contributed by atoms with Gasteiger partial charge in [-0.15, -0.1) is 0 Å². The van der Waals surface area contributed by atoms with Crippen molar-refractivity contribution in [3.8, 4) is 0 Å². The van der Waals surface area contributed by atoms with Gasteiger partial charge in [0.25, 0.3) is 0 Å². The van der Waals surface area contributed by atoms with E-state index in [0.717, 1.165) is 5.56 Å². The lowest BCUT2D eigenvalue weighted by Gasteiger charge is -2.29. The highest BCUT2D eigenvalue weighted by atomic mass is 19.4. The highest BCUT2D eigenvalue weighted by Crippen LogP contribution is 2.40. The molecule has 0 bridgehead atoms. The Hall–Kier alpha value is -3.52. The molecule has 0 aliphatic carbocycles. The van der Waals surface area contributed by atoms with Gasteiger partial charge >= 0.3 is 12.3 Å². The molecule has 0 radical (unpaired) electrons. The lowest BCUT2D eigenvalue weighted by Crippen LogP contribution is -2.49. The van der Waals surface area contributed by atoms with Crippen LogP contribution in [0.5, 0.6) is 0 Å². The minimum absolute atomic E-state index is 0.162. The van der Waals surface area contributed by atoms with Crippen LogP contribution in [0.3, 0.4) is 0 Å². The second kappa shape index (κ2) is 8.87. The van der Waals surface area contributed by atoms with Crippen LogP contribution < -0.4 is 0 Å². The molecular weight excluding hydrogens is 401 g/mol. The number of halogens is 3. The van der Waals surface area contributed by atoms with Crippen molar-refractivity contribution < 1.29 is 27.5 Å². The summed E-state index contributed by atoms with van der Waals surface area (Å²) in [5.74, 6) is -3.66. The minimum atomic E-state index is -4.89. The minimum Gasteiger partial charge on any atom is -0.447 e. The van der Waals surface area contributed by atoms with Gasteiger partial charge in [0, 0.05) is 4.91 Å². The number of nitrogens with zero attached hydrogens (tertiary/aromatic N) is 4. The molecule has 1 fully saturated rings. The zero-order valence-corrected chi connectivity index (χ0v) is 15.6. The van der Waals surface area contributed by atoms with Crippen LogP contribution in [0, 0.1) is 0 Å². The molecule has 1 aliphatic heterocycles. The van der Waals surface area contributed by atoms with Crippen LogP contribution in [-0.4, -0.2) is 41.8 Å². The van der Waals surface area contributed by atoms with Crippen LogP contribution in [0.1, 0.15) is 17.0 Å². The Labute approximate surface area is 169 Å². The summed E-state index contributed by atoms with van der Waals surface area (Å²) in [6.45, 7) is -0.162. The maximum Gasteiger partial charge on any atom is 0.416 e. The molecule has 0 aromatic heterocycles. The molecule has 1 saturated heterocycles. The Balaban J connectivity index is 1.96. The third-order valence-corrected chi connectivity index (χ3v) is 4.77. The molecule has 1 aliphatic rings. The fraction of sp³-hybridized carbons (Fsp3) is 0.300. The average molecular weight is 418 g/mol. The predicted molar refractivity (Wildman–Crippen MR) is 100 cm³/mol. The number of rotatable bonds is 6. The number of hydrogen-bond acceptors (Lipinski definition) is 4. The van der Waals surface area contributed by atoms with E-state index in [-0.39, 0.29) is 18.6 Å². The quantitative estimate of drug-likeness (QED) is 0.390. The van der Waals surface area contributed by atoms with Crippen LogP contribution in [0.4, 0.5) is 18.0 Å². The summed E-state index contributed by atoms with van der Waals surface area (Å²) < 4.78 is 46.6. The molecule has 2 aromatic rings. The van der Waals surface area contributed by atoms with Gasteiger partial charge in [-0.25, -0.2) is 9.69 Å². The lowest BCUT2D eigenvalue weighted by molar-refractivity contribution is -0.163. The second-order valence-electron chi connectivity index (χ2n) is 6.71. The third-order valence-electron chi connectivity index (χ3n) is 4.77. The van der Waals surface area contributed by atoms with Crippen molar-refractivity contribution in [3.63, 3.8) is 0 Å². The number of cyclic esters (lactones) is 1. The number of amides is 2. The van der Waals surface area contributed by atoms with Gasteiger partial charge < -0.3 is 4.74 Å². The van der Waals surface area contributed by atoms with E-state index < -0.39 is 36.2 Å². The SMILES string of the molecule is [N-]=[N+]=N[C@H](C(=O)N1C(=O)OC[C@@H]1Cc1ccccc1)[C@@H](c1ccccc1)C(F)(F)F. The van der Waals surface area contributed by atoms with Crippen molar-refractivity contribution in [2.45, 2.75) is 30.6 Å². The van der Waals surface area contributed by atoms with E-state index in [9.17, 15) is 22.8 Å². The van der Waals surface area contributed by atoms with E-state index in [1.54, 1.807) is 30.3 Å². The Morgan fingerprint density at radius 2 is 1.77 bits per heavy atom.